The van der Waals surface area contributed by atoms with E-state index in [1.165, 1.54) is 0 Å². The first-order valence-corrected chi connectivity index (χ1v) is 1.27. The van der Waals surface area contributed by atoms with Gasteiger partial charge >= 0.3 is 68.0 Å². The average molecular weight is 236 g/mol. The van der Waals surface area contributed by atoms with Gasteiger partial charge in [0.1, 0.15) is 0 Å². The molecule has 0 atom stereocenters. The Morgan fingerprint density at radius 3 is 1.40 bits per heavy atom. The van der Waals surface area contributed by atoms with E-state index in [1.807, 2.05) is 0 Å². The zero-order chi connectivity index (χ0) is 2.71. The van der Waals surface area contributed by atoms with E-state index in [0.29, 0.717) is 0 Å². The van der Waals surface area contributed by atoms with Crippen LogP contribution >= 0.6 is 0 Å². The number of hydrogen-bond donors (Lipinski definition) is 0. The third kappa shape index (κ3) is 23.2. The summed E-state index contributed by atoms with van der Waals surface area (Å²) in [6, 6.07) is 0. The Morgan fingerprint density at radius 2 is 1.40 bits per heavy atom. The Hall–Kier alpha value is 2.11. The zero-order valence-electron chi connectivity index (χ0n) is 4.23. The molecular weight excluding hydrogens is 233 g/mol. The Balaban J connectivity index is -0.00000000333. The van der Waals surface area contributed by atoms with Gasteiger partial charge in [0, 0.05) is 16.8 Å². The molecule has 0 aromatic carbocycles. The minimum Gasteiger partial charge on any atom is 2.00 e. The molecule has 0 aromatic rings. The van der Waals surface area contributed by atoms with Crippen LogP contribution in [0.4, 0.5) is 0 Å². The van der Waals surface area contributed by atoms with E-state index >= 15 is 0 Å². The SMILES string of the molecule is [Co].[H-].[H-].[O]=[Mn]=[O].[Sr+2]. The standard InChI is InChI=1S/Co.Mn.2O.Sr.2H/q;;;;+2;2*-1. The summed E-state index contributed by atoms with van der Waals surface area (Å²) in [7, 11) is 0. The van der Waals surface area contributed by atoms with Crippen LogP contribution in [0, 0.1) is 0 Å². The maximum absolute atomic E-state index is 8.41. The minimum atomic E-state index is -1.44. The third-order valence-corrected chi connectivity index (χ3v) is 0. The topological polar surface area (TPSA) is 34.1 Å². The molecular formula is H2CoMnO2Sr. The second kappa shape index (κ2) is 16.5. The van der Waals surface area contributed by atoms with Crippen LogP contribution in [0.3, 0.4) is 0 Å². The summed E-state index contributed by atoms with van der Waals surface area (Å²) >= 11 is -1.44. The summed E-state index contributed by atoms with van der Waals surface area (Å²) in [6.45, 7) is 0. The van der Waals surface area contributed by atoms with E-state index in [-0.39, 0.29) is 65.1 Å². The first-order chi connectivity index (χ1) is 1.41. The van der Waals surface area contributed by atoms with E-state index in [2.05, 4.69) is 0 Å². The Bertz CT molecular complexity index is 36.7. The molecule has 0 bridgehead atoms. The molecule has 5 heteroatoms. The predicted molar refractivity (Wildman–Crippen MR) is 9.35 cm³/mol. The van der Waals surface area contributed by atoms with E-state index in [9.17, 15) is 0 Å². The molecule has 0 saturated heterocycles. The average Bonchev–Trinajstić information content (AvgIpc) is 0.918. The maximum Gasteiger partial charge on any atom is 2.00 e. The Labute approximate surface area is 86.1 Å². The molecule has 0 aliphatic heterocycles. The fourth-order valence-corrected chi connectivity index (χ4v) is 0. The van der Waals surface area contributed by atoms with Crippen LogP contribution in [0.2, 0.25) is 0 Å². The quantitative estimate of drug-likeness (QED) is 0.536. The second-order valence-corrected chi connectivity index (χ2v) is 0.260. The van der Waals surface area contributed by atoms with E-state index in [1.54, 1.807) is 0 Å². The molecule has 0 N–H and O–H groups in total. The first-order valence-electron chi connectivity index (χ1n) is 0.309. The molecule has 0 spiro atoms. The molecule has 0 aliphatic rings. The summed E-state index contributed by atoms with van der Waals surface area (Å²) in [5, 5.41) is 0. The van der Waals surface area contributed by atoms with Crippen LogP contribution < -0.4 is 0 Å². The molecule has 5 heavy (non-hydrogen) atoms. The van der Waals surface area contributed by atoms with Gasteiger partial charge in [-0.3, -0.25) is 0 Å². The molecule has 0 unspecified atom stereocenters. The number of rotatable bonds is 0. The number of hydrogen-bond acceptors (Lipinski definition) is 2. The summed E-state index contributed by atoms with van der Waals surface area (Å²) in [5.74, 6) is 0. The van der Waals surface area contributed by atoms with Gasteiger partial charge in [-0.15, -0.1) is 0 Å². The smallest absolute Gasteiger partial charge is 2.00 e. The van der Waals surface area contributed by atoms with Gasteiger partial charge in [-0.2, -0.15) is 0 Å². The van der Waals surface area contributed by atoms with Crippen molar-refractivity contribution < 1.29 is 42.1 Å². The van der Waals surface area contributed by atoms with Crippen molar-refractivity contribution in [1.82, 2.24) is 0 Å². The monoisotopic (exact) mass is 236 g/mol. The molecule has 0 aliphatic carbocycles. The van der Waals surface area contributed by atoms with Gasteiger partial charge in [-0.05, 0) is 0 Å². The Morgan fingerprint density at radius 1 is 1.40 bits per heavy atom. The van der Waals surface area contributed by atoms with Crippen molar-refractivity contribution in [2.75, 3.05) is 0 Å². The minimum absolute atomic E-state index is 0. The van der Waals surface area contributed by atoms with Gasteiger partial charge < -0.3 is 2.85 Å². The van der Waals surface area contributed by atoms with Crippen LogP contribution in [0.1, 0.15) is 2.85 Å². The molecule has 0 amide bonds. The Kier molecular flexibility index (Phi) is 51.9. The van der Waals surface area contributed by atoms with Gasteiger partial charge in [0.05, 0.1) is 0 Å². The zero-order valence-corrected chi connectivity index (χ0v) is 7.93. The van der Waals surface area contributed by atoms with Gasteiger partial charge in [-0.25, -0.2) is 0 Å². The molecule has 0 saturated carbocycles. The normalized spacial score (nSPS) is 2.40. The summed E-state index contributed by atoms with van der Waals surface area (Å²) in [5.41, 5.74) is 0. The van der Waals surface area contributed by atoms with Crippen LogP contribution in [-0.4, -0.2) is 45.5 Å². The van der Waals surface area contributed by atoms with Gasteiger partial charge in [0.2, 0.25) is 0 Å². The summed E-state index contributed by atoms with van der Waals surface area (Å²) in [4.78, 5) is 0. The summed E-state index contributed by atoms with van der Waals surface area (Å²) in [6.07, 6.45) is 0. The fourth-order valence-electron chi connectivity index (χ4n) is 0. The van der Waals surface area contributed by atoms with Crippen molar-refractivity contribution in [2.24, 2.45) is 0 Å². The van der Waals surface area contributed by atoms with E-state index < -0.39 is 14.8 Å². The van der Waals surface area contributed by atoms with Crippen molar-refractivity contribution in [3.05, 3.63) is 0 Å². The second-order valence-electron chi connectivity index (χ2n) is 0.0630. The molecule has 1 radical (unpaired) electrons. The van der Waals surface area contributed by atoms with Gasteiger partial charge in [0.25, 0.3) is 0 Å². The molecule has 0 fully saturated rings. The molecule has 0 heterocycles. The van der Waals surface area contributed by atoms with Crippen LogP contribution in [-0.2, 0) is 39.3 Å². The fraction of sp³-hybridized carbons (Fsp3) is 0. The van der Waals surface area contributed by atoms with Crippen molar-refractivity contribution in [3.63, 3.8) is 0 Å². The van der Waals surface area contributed by atoms with Crippen LogP contribution in [0.15, 0.2) is 0 Å². The summed E-state index contributed by atoms with van der Waals surface area (Å²) < 4.78 is 16.8. The largest absolute Gasteiger partial charge is 2.00 e. The van der Waals surface area contributed by atoms with Crippen LogP contribution in [0.5, 0.6) is 0 Å². The van der Waals surface area contributed by atoms with Crippen LogP contribution in [0.25, 0.3) is 0 Å². The van der Waals surface area contributed by atoms with Gasteiger partial charge in [-0.1, -0.05) is 0 Å². The van der Waals surface area contributed by atoms with Crippen molar-refractivity contribution in [3.8, 4) is 0 Å². The van der Waals surface area contributed by atoms with Crippen molar-refractivity contribution >= 4 is 45.5 Å². The van der Waals surface area contributed by atoms with Gasteiger partial charge in [0.15, 0.2) is 0 Å². The third-order valence-electron chi connectivity index (χ3n) is 0. The van der Waals surface area contributed by atoms with Crippen molar-refractivity contribution in [2.45, 2.75) is 0 Å². The van der Waals surface area contributed by atoms with Crippen molar-refractivity contribution in [1.29, 1.82) is 0 Å². The van der Waals surface area contributed by atoms with E-state index in [0.717, 1.165) is 0 Å². The molecule has 0 aromatic heterocycles. The molecule has 32 valence electrons. The molecule has 0 rings (SSSR count). The first kappa shape index (κ1) is 15.7. The van der Waals surface area contributed by atoms with E-state index in [4.69, 9.17) is 7.67 Å². The predicted octanol–water partition coefficient (Wildman–Crippen LogP) is -0.398. The maximum atomic E-state index is 8.41. The molecule has 2 nitrogen and oxygen atoms in total.